The highest BCUT2D eigenvalue weighted by Crippen LogP contribution is 2.32. The first-order valence-corrected chi connectivity index (χ1v) is 8.84. The Morgan fingerprint density at radius 3 is 2.39 bits per heavy atom. The lowest BCUT2D eigenvalue weighted by atomic mass is 10.1. The van der Waals surface area contributed by atoms with E-state index in [2.05, 4.69) is 15.5 Å². The molecule has 4 aromatic rings. The Bertz CT molecular complexity index is 1100. The molecule has 0 saturated heterocycles. The van der Waals surface area contributed by atoms with Gasteiger partial charge >= 0.3 is 0 Å². The van der Waals surface area contributed by atoms with Crippen LogP contribution in [0.25, 0.3) is 11.5 Å². The molecule has 0 bridgehead atoms. The number of anilines is 1. The Hall–Kier alpha value is -3.25. The van der Waals surface area contributed by atoms with Crippen molar-refractivity contribution < 1.29 is 13.2 Å². The Balaban J connectivity index is 1.75. The summed E-state index contributed by atoms with van der Waals surface area (Å²) in [5.74, 6) is -0.458. The highest BCUT2D eigenvalue weighted by Gasteiger charge is 2.24. The zero-order chi connectivity index (χ0) is 19.5. The molecule has 1 atom stereocenters. The number of nitrogens with zero attached hydrogens (tertiary/aromatic N) is 2. The van der Waals surface area contributed by atoms with Crippen LogP contribution in [0.1, 0.15) is 17.5 Å². The van der Waals surface area contributed by atoms with Gasteiger partial charge in [-0.15, -0.1) is 10.2 Å². The number of halogens is 3. The number of rotatable bonds is 5. The molecule has 7 heteroatoms. The fourth-order valence-electron chi connectivity index (χ4n) is 2.80. The van der Waals surface area contributed by atoms with Gasteiger partial charge in [0.1, 0.15) is 17.7 Å². The maximum atomic E-state index is 13.5. The van der Waals surface area contributed by atoms with Crippen LogP contribution in [-0.4, -0.2) is 10.2 Å². The molecule has 0 fully saturated rings. The van der Waals surface area contributed by atoms with Gasteiger partial charge < -0.3 is 9.73 Å². The summed E-state index contributed by atoms with van der Waals surface area (Å²) in [6.07, 6.45) is 0. The predicted octanol–water partition coefficient (Wildman–Crippen LogP) is 5.87. The molecule has 0 aliphatic carbocycles. The third-order valence-electron chi connectivity index (χ3n) is 4.12. The maximum Gasteiger partial charge on any atom is 0.247 e. The average molecular weight is 398 g/mol. The minimum absolute atomic E-state index is 0.174. The third-order valence-corrected chi connectivity index (χ3v) is 4.44. The number of aromatic nitrogens is 2. The lowest BCUT2D eigenvalue weighted by molar-refractivity contribution is 0.493. The molecule has 0 saturated carbocycles. The molecule has 3 aromatic carbocycles. The molecule has 4 nitrogen and oxygen atoms in total. The molecule has 1 heterocycles. The summed E-state index contributed by atoms with van der Waals surface area (Å²) in [6, 6.07) is 18.7. The number of nitrogens with one attached hydrogen (secondary N) is 1. The summed E-state index contributed by atoms with van der Waals surface area (Å²) >= 11 is 6.27. The smallest absolute Gasteiger partial charge is 0.247 e. The number of hydrogen-bond donors (Lipinski definition) is 1. The van der Waals surface area contributed by atoms with Crippen LogP contribution in [0.15, 0.2) is 77.2 Å². The third kappa shape index (κ3) is 3.87. The topological polar surface area (TPSA) is 51.0 Å². The van der Waals surface area contributed by atoms with Crippen molar-refractivity contribution in [3.05, 3.63) is 101 Å². The van der Waals surface area contributed by atoms with Gasteiger partial charge in [-0.05, 0) is 42.5 Å². The van der Waals surface area contributed by atoms with Gasteiger partial charge in [0.25, 0.3) is 0 Å². The fourth-order valence-corrected chi connectivity index (χ4v) is 3.07. The van der Waals surface area contributed by atoms with Gasteiger partial charge in [-0.2, -0.15) is 0 Å². The van der Waals surface area contributed by atoms with Gasteiger partial charge in [-0.3, -0.25) is 0 Å². The molecule has 1 N–H and O–H groups in total. The van der Waals surface area contributed by atoms with Crippen LogP contribution in [-0.2, 0) is 0 Å². The van der Waals surface area contributed by atoms with E-state index in [1.165, 1.54) is 24.3 Å². The van der Waals surface area contributed by atoms with Gasteiger partial charge in [0, 0.05) is 21.8 Å². The highest BCUT2D eigenvalue weighted by atomic mass is 35.5. The number of hydrogen-bond acceptors (Lipinski definition) is 4. The first kappa shape index (κ1) is 18.1. The van der Waals surface area contributed by atoms with E-state index in [1.54, 1.807) is 18.2 Å². The lowest BCUT2D eigenvalue weighted by Crippen LogP contribution is -2.13. The molecular weight excluding hydrogens is 384 g/mol. The second-order valence-electron chi connectivity index (χ2n) is 6.07. The van der Waals surface area contributed by atoms with E-state index in [0.717, 1.165) is 5.69 Å². The SMILES string of the molecule is Fc1cccc(-c2nnc([C@H](Nc3ccccc3)c3ccc(F)cc3Cl)o2)c1. The van der Waals surface area contributed by atoms with Crippen LogP contribution >= 0.6 is 11.6 Å². The van der Waals surface area contributed by atoms with E-state index >= 15 is 0 Å². The molecule has 0 aliphatic rings. The molecule has 0 aliphatic heterocycles. The molecule has 1 aromatic heterocycles. The number of benzene rings is 3. The summed E-state index contributed by atoms with van der Waals surface area (Å²) < 4.78 is 32.8. The van der Waals surface area contributed by atoms with Gasteiger partial charge in [0.2, 0.25) is 11.8 Å². The molecule has 0 radical (unpaired) electrons. The Labute approximate surface area is 164 Å². The lowest BCUT2D eigenvalue weighted by Gasteiger charge is -2.18. The predicted molar refractivity (Wildman–Crippen MR) is 103 cm³/mol. The van der Waals surface area contributed by atoms with Crippen LogP contribution in [0, 0.1) is 11.6 Å². The first-order chi connectivity index (χ1) is 13.6. The maximum absolute atomic E-state index is 13.5. The summed E-state index contributed by atoms with van der Waals surface area (Å²) in [5.41, 5.74) is 1.82. The largest absolute Gasteiger partial charge is 0.418 e. The van der Waals surface area contributed by atoms with Gasteiger partial charge in [-0.1, -0.05) is 41.9 Å². The van der Waals surface area contributed by atoms with Gasteiger partial charge in [0.05, 0.1) is 0 Å². The van der Waals surface area contributed by atoms with Crippen LogP contribution in [0.3, 0.4) is 0 Å². The monoisotopic (exact) mass is 397 g/mol. The molecule has 4 rings (SSSR count). The minimum atomic E-state index is -0.620. The Kier molecular flexibility index (Phi) is 5.04. The second kappa shape index (κ2) is 7.78. The molecule has 0 unspecified atom stereocenters. The molecule has 140 valence electrons. The van der Waals surface area contributed by atoms with E-state index < -0.39 is 17.7 Å². The summed E-state index contributed by atoms with van der Waals surface area (Å²) in [6.45, 7) is 0. The van der Waals surface area contributed by atoms with E-state index in [0.29, 0.717) is 11.1 Å². The van der Waals surface area contributed by atoms with E-state index in [1.807, 2.05) is 30.3 Å². The van der Waals surface area contributed by atoms with Crippen LogP contribution in [0.4, 0.5) is 14.5 Å². The molecule has 0 amide bonds. The standard InChI is InChI=1S/C21H14ClF2N3O/c22-18-12-15(24)9-10-17(18)19(25-16-7-2-1-3-8-16)21-27-26-20(28-21)13-5-4-6-14(23)11-13/h1-12,19,25H/t19-/m1/s1. The van der Waals surface area contributed by atoms with Gasteiger partial charge in [0.15, 0.2) is 0 Å². The van der Waals surface area contributed by atoms with Crippen molar-refractivity contribution in [3.8, 4) is 11.5 Å². The first-order valence-electron chi connectivity index (χ1n) is 8.46. The quantitative estimate of drug-likeness (QED) is 0.457. The van der Waals surface area contributed by atoms with Crippen molar-refractivity contribution in [1.82, 2.24) is 10.2 Å². The van der Waals surface area contributed by atoms with E-state index in [-0.39, 0.29) is 16.8 Å². The average Bonchev–Trinajstić information content (AvgIpc) is 3.17. The molecule has 0 spiro atoms. The molecule has 28 heavy (non-hydrogen) atoms. The zero-order valence-electron chi connectivity index (χ0n) is 14.4. The normalized spacial score (nSPS) is 12.0. The van der Waals surface area contributed by atoms with Crippen molar-refractivity contribution in [3.63, 3.8) is 0 Å². The van der Waals surface area contributed by atoms with Crippen molar-refractivity contribution in [2.24, 2.45) is 0 Å². The number of para-hydroxylation sites is 1. The minimum Gasteiger partial charge on any atom is -0.418 e. The van der Waals surface area contributed by atoms with Crippen LogP contribution in [0.2, 0.25) is 5.02 Å². The van der Waals surface area contributed by atoms with Gasteiger partial charge in [-0.25, -0.2) is 8.78 Å². The Morgan fingerprint density at radius 1 is 0.857 bits per heavy atom. The van der Waals surface area contributed by atoms with Crippen molar-refractivity contribution in [1.29, 1.82) is 0 Å². The van der Waals surface area contributed by atoms with Crippen molar-refractivity contribution in [2.45, 2.75) is 6.04 Å². The summed E-state index contributed by atoms with van der Waals surface area (Å²) in [4.78, 5) is 0. The van der Waals surface area contributed by atoms with E-state index in [4.69, 9.17) is 16.0 Å². The highest BCUT2D eigenvalue weighted by molar-refractivity contribution is 6.31. The fraction of sp³-hybridized carbons (Fsp3) is 0.0476. The van der Waals surface area contributed by atoms with Crippen molar-refractivity contribution >= 4 is 17.3 Å². The second-order valence-corrected chi connectivity index (χ2v) is 6.47. The zero-order valence-corrected chi connectivity index (χ0v) is 15.2. The summed E-state index contributed by atoms with van der Waals surface area (Å²) in [5, 5.41) is 11.6. The van der Waals surface area contributed by atoms with Crippen LogP contribution in [0.5, 0.6) is 0 Å². The summed E-state index contributed by atoms with van der Waals surface area (Å²) in [7, 11) is 0. The van der Waals surface area contributed by atoms with E-state index in [9.17, 15) is 8.78 Å². The van der Waals surface area contributed by atoms with Crippen molar-refractivity contribution in [2.75, 3.05) is 5.32 Å². The molecular formula is C21H14ClF2N3O. The Morgan fingerprint density at radius 2 is 1.64 bits per heavy atom. The van der Waals surface area contributed by atoms with Crippen LogP contribution < -0.4 is 5.32 Å².